The number of allylic oxidation sites excluding steroid dienone is 4. The second-order valence-electron chi connectivity index (χ2n) is 5.01. The summed E-state index contributed by atoms with van der Waals surface area (Å²) in [5.74, 6) is 0. The normalized spacial score (nSPS) is 13.9. The van der Waals surface area contributed by atoms with Crippen LogP contribution in [0.4, 0.5) is 0 Å². The molecule has 0 aliphatic heterocycles. The molecule has 0 saturated carbocycles. The third-order valence-corrected chi connectivity index (χ3v) is 2.08. The van der Waals surface area contributed by atoms with Gasteiger partial charge in [0.2, 0.25) is 0 Å². The quantitative estimate of drug-likeness (QED) is 0.497. The fourth-order valence-electron chi connectivity index (χ4n) is 1.04. The van der Waals surface area contributed by atoms with Crippen LogP contribution in [0.5, 0.6) is 0 Å². The van der Waals surface area contributed by atoms with Crippen molar-refractivity contribution in [3.8, 4) is 0 Å². The van der Waals surface area contributed by atoms with Crippen molar-refractivity contribution in [2.45, 2.75) is 64.8 Å². The molecule has 0 aromatic rings. The Balaban J connectivity index is -0.000000110. The Hall–Kier alpha value is -0.537. The molecule has 0 fully saturated rings. The van der Waals surface area contributed by atoms with Crippen molar-refractivity contribution in [2.75, 3.05) is 0 Å². The predicted octanol–water partition coefficient (Wildman–Crippen LogP) is 2.24. The monoisotopic (exact) mass is 410 g/mol. The van der Waals surface area contributed by atoms with Gasteiger partial charge in [-0.3, -0.25) is 6.08 Å². The topological polar surface area (TPSA) is 69.2 Å². The Morgan fingerprint density at radius 1 is 0.875 bits per heavy atom. The molecule has 134 valence electrons. The molecule has 1 rings (SSSR count). The minimum absolute atomic E-state index is 0. The van der Waals surface area contributed by atoms with E-state index in [1.54, 1.807) is 39.0 Å². The molecule has 0 amide bonds. The summed E-state index contributed by atoms with van der Waals surface area (Å²) >= 11 is 0. The average molecular weight is 412 g/mol. The van der Waals surface area contributed by atoms with Crippen LogP contribution in [-0.2, 0) is 26.2 Å². The van der Waals surface area contributed by atoms with E-state index >= 15 is 0 Å². The van der Waals surface area contributed by atoms with E-state index in [0.29, 0.717) is 19.3 Å². The maximum absolute atomic E-state index is 10.1. The summed E-state index contributed by atoms with van der Waals surface area (Å²) in [5, 5.41) is 30.2. The van der Waals surface area contributed by atoms with Crippen molar-refractivity contribution in [3.05, 3.63) is 62.3 Å². The van der Waals surface area contributed by atoms with Crippen molar-refractivity contribution in [3.63, 3.8) is 0 Å². The zero-order valence-corrected chi connectivity index (χ0v) is 17.8. The maximum atomic E-state index is 10.1. The minimum Gasteiger partial charge on any atom is -0.852 e. The van der Waals surface area contributed by atoms with Gasteiger partial charge >= 0.3 is 26.2 Å². The summed E-state index contributed by atoms with van der Waals surface area (Å²) in [6.45, 7) is 15.1. The van der Waals surface area contributed by atoms with Crippen molar-refractivity contribution >= 4 is 0 Å². The third kappa shape index (κ3) is 49.6. The van der Waals surface area contributed by atoms with Gasteiger partial charge in [-0.25, -0.2) is 12.2 Å². The second-order valence-corrected chi connectivity index (χ2v) is 5.01. The van der Waals surface area contributed by atoms with E-state index in [4.69, 9.17) is 0 Å². The summed E-state index contributed by atoms with van der Waals surface area (Å²) in [4.78, 5) is 0. The molecule has 0 aromatic heterocycles. The largest absolute Gasteiger partial charge is 4.00 e. The Kier molecular flexibility index (Phi) is 35.6. The molecule has 0 aromatic carbocycles. The van der Waals surface area contributed by atoms with E-state index in [0.717, 1.165) is 6.42 Å². The van der Waals surface area contributed by atoms with Gasteiger partial charge in [0, 0.05) is 0 Å². The molecule has 24 heavy (non-hydrogen) atoms. The summed E-state index contributed by atoms with van der Waals surface area (Å²) in [7, 11) is 0. The zero-order valence-electron chi connectivity index (χ0n) is 15.4. The molecule has 4 heteroatoms. The van der Waals surface area contributed by atoms with Gasteiger partial charge in [-0.15, -0.1) is 44.5 Å². The fourth-order valence-corrected chi connectivity index (χ4v) is 1.04. The van der Waals surface area contributed by atoms with Crippen LogP contribution in [-0.4, -0.2) is 18.3 Å². The smallest absolute Gasteiger partial charge is 0.852 e. The number of rotatable bonds is 6. The molecular formula is C20H32O3Zr. The molecule has 0 saturated heterocycles. The van der Waals surface area contributed by atoms with Gasteiger partial charge in [0.25, 0.3) is 0 Å². The number of hydrogen-bond donors (Lipinski definition) is 0. The summed E-state index contributed by atoms with van der Waals surface area (Å²) in [5.41, 5.74) is 0. The molecule has 3 nitrogen and oxygen atoms in total. The first kappa shape index (κ1) is 31.3. The molecule has 0 spiro atoms. The molecule has 0 radical (unpaired) electrons. The first-order valence-corrected chi connectivity index (χ1v) is 7.83. The standard InChI is InChI=1S/3C5H9O.C5H5.Zr/c3*1-3-4-5(2)6;1-2-4-5-3-1;/h3*3,5H,1,4H2,2H3;1-3H,4H2;/q4*-1;+4. The molecule has 3 unspecified atom stereocenters. The third-order valence-electron chi connectivity index (χ3n) is 2.08. The SMILES string of the molecule is C=CCC(C)[O-].C=CCC(C)[O-].C=CCC(C)[O-].[C-]1=CC=CC1.[Zr+4]. The van der Waals surface area contributed by atoms with Gasteiger partial charge < -0.3 is 15.3 Å². The molecule has 0 N–H and O–H groups in total. The summed E-state index contributed by atoms with van der Waals surface area (Å²) < 4.78 is 0. The van der Waals surface area contributed by atoms with Crippen LogP contribution < -0.4 is 15.3 Å². The van der Waals surface area contributed by atoms with E-state index in [-0.39, 0.29) is 26.2 Å². The van der Waals surface area contributed by atoms with Gasteiger partial charge in [0.15, 0.2) is 0 Å². The molecule has 0 bridgehead atoms. The summed E-state index contributed by atoms with van der Waals surface area (Å²) in [6, 6.07) is 0. The van der Waals surface area contributed by atoms with E-state index in [9.17, 15) is 15.3 Å². The van der Waals surface area contributed by atoms with Gasteiger partial charge in [-0.1, -0.05) is 39.0 Å². The molecule has 1 aliphatic rings. The van der Waals surface area contributed by atoms with Crippen LogP contribution >= 0.6 is 0 Å². The van der Waals surface area contributed by atoms with Crippen molar-refractivity contribution in [2.24, 2.45) is 0 Å². The molecule has 1 aliphatic carbocycles. The Morgan fingerprint density at radius 2 is 1.21 bits per heavy atom. The number of hydrogen-bond acceptors (Lipinski definition) is 3. The maximum Gasteiger partial charge on any atom is 4.00 e. The van der Waals surface area contributed by atoms with Crippen LogP contribution in [0.25, 0.3) is 0 Å². The molecule has 3 atom stereocenters. The van der Waals surface area contributed by atoms with Gasteiger partial charge in [-0.05, 0) is 19.3 Å². The summed E-state index contributed by atoms with van der Waals surface area (Å²) in [6.07, 6.45) is 15.2. The van der Waals surface area contributed by atoms with Crippen molar-refractivity contribution in [1.29, 1.82) is 0 Å². The second kappa shape index (κ2) is 27.3. The van der Waals surface area contributed by atoms with E-state index in [2.05, 4.69) is 31.9 Å². The average Bonchev–Trinajstić information content (AvgIpc) is 2.98. The van der Waals surface area contributed by atoms with Gasteiger partial charge in [-0.2, -0.15) is 6.08 Å². The predicted molar refractivity (Wildman–Crippen MR) is 94.4 cm³/mol. The van der Waals surface area contributed by atoms with Crippen molar-refractivity contribution < 1.29 is 41.5 Å². The Morgan fingerprint density at radius 3 is 1.25 bits per heavy atom. The van der Waals surface area contributed by atoms with Crippen molar-refractivity contribution in [1.82, 2.24) is 0 Å². The fraction of sp³-hybridized carbons (Fsp3) is 0.500. The van der Waals surface area contributed by atoms with Gasteiger partial charge in [0.05, 0.1) is 0 Å². The van der Waals surface area contributed by atoms with Crippen LogP contribution in [0.2, 0.25) is 0 Å². The van der Waals surface area contributed by atoms with Gasteiger partial charge in [0.1, 0.15) is 0 Å². The Labute approximate surface area is 168 Å². The van der Waals surface area contributed by atoms with E-state index < -0.39 is 18.3 Å². The van der Waals surface area contributed by atoms with Crippen LogP contribution in [0.1, 0.15) is 46.5 Å². The first-order valence-electron chi connectivity index (χ1n) is 7.83. The van der Waals surface area contributed by atoms with E-state index in [1.165, 1.54) is 0 Å². The zero-order chi connectivity index (χ0) is 18.5. The minimum atomic E-state index is -0.470. The first-order chi connectivity index (χ1) is 10.8. The van der Waals surface area contributed by atoms with Crippen LogP contribution in [0.3, 0.4) is 0 Å². The van der Waals surface area contributed by atoms with E-state index in [1.807, 2.05) is 12.2 Å². The Bertz CT molecular complexity index is 276. The van der Waals surface area contributed by atoms with Crippen LogP contribution in [0, 0.1) is 6.08 Å². The molecular weight excluding hydrogens is 379 g/mol. The van der Waals surface area contributed by atoms with Crippen LogP contribution in [0.15, 0.2) is 56.2 Å². The molecule has 0 heterocycles.